The molecule has 0 N–H and O–H groups in total. The van der Waals surface area contributed by atoms with E-state index in [0.29, 0.717) is 23.1 Å². The van der Waals surface area contributed by atoms with Gasteiger partial charge in [0.1, 0.15) is 11.6 Å². The van der Waals surface area contributed by atoms with Crippen molar-refractivity contribution in [3.8, 4) is 11.1 Å². The molecular weight excluding hydrogens is 366 g/mol. The van der Waals surface area contributed by atoms with Crippen molar-refractivity contribution in [1.29, 1.82) is 0 Å². The fourth-order valence-corrected chi connectivity index (χ4v) is 4.16. The topological polar surface area (TPSA) is 9.23 Å². The molecule has 0 atom stereocenters. The van der Waals surface area contributed by atoms with E-state index in [1.807, 2.05) is 18.2 Å². The highest BCUT2D eigenvalue weighted by molar-refractivity contribution is 5.65. The van der Waals surface area contributed by atoms with Gasteiger partial charge in [-0.1, -0.05) is 43.7 Å². The number of benzene rings is 2. The van der Waals surface area contributed by atoms with Gasteiger partial charge >= 0.3 is 0 Å². The summed E-state index contributed by atoms with van der Waals surface area (Å²) in [6, 6.07) is 10.4. The summed E-state index contributed by atoms with van der Waals surface area (Å²) >= 11 is 0. The van der Waals surface area contributed by atoms with E-state index in [2.05, 4.69) is 13.5 Å². The maximum atomic E-state index is 14.9. The summed E-state index contributed by atoms with van der Waals surface area (Å²) in [5, 5.41) is 0. The first-order valence-electron chi connectivity index (χ1n) is 10.9. The first-order chi connectivity index (χ1) is 14.1. The molecule has 0 unspecified atom stereocenters. The predicted molar refractivity (Wildman–Crippen MR) is 116 cm³/mol. The minimum atomic E-state index is -0.372. The maximum absolute atomic E-state index is 14.9. The third kappa shape index (κ3) is 5.76. The predicted octanol–water partition coefficient (Wildman–Crippen LogP) is 7.59. The Morgan fingerprint density at radius 2 is 1.69 bits per heavy atom. The third-order valence-corrected chi connectivity index (χ3v) is 5.95. The minimum absolute atomic E-state index is 0.324. The smallest absolute Gasteiger partial charge is 0.131 e. The second kappa shape index (κ2) is 10.7. The van der Waals surface area contributed by atoms with E-state index < -0.39 is 0 Å². The molecule has 1 aliphatic rings. The highest BCUT2D eigenvalue weighted by Crippen LogP contribution is 2.36. The molecule has 156 valence electrons. The number of hydrogen-bond acceptors (Lipinski definition) is 1. The second-order valence-corrected chi connectivity index (χ2v) is 8.08. The van der Waals surface area contributed by atoms with Crippen molar-refractivity contribution in [3.63, 3.8) is 0 Å². The lowest BCUT2D eigenvalue weighted by Crippen LogP contribution is -2.21. The number of hydrogen-bond donors (Lipinski definition) is 0. The van der Waals surface area contributed by atoms with Gasteiger partial charge in [0.2, 0.25) is 0 Å². The minimum Gasteiger partial charge on any atom is -0.378 e. The van der Waals surface area contributed by atoms with Crippen LogP contribution in [0, 0.1) is 11.6 Å². The average molecular weight is 399 g/mol. The molecule has 1 aliphatic carbocycles. The highest BCUT2D eigenvalue weighted by Gasteiger charge is 2.23. The van der Waals surface area contributed by atoms with Crippen LogP contribution in [0.4, 0.5) is 8.78 Å². The Labute approximate surface area is 173 Å². The van der Waals surface area contributed by atoms with Crippen LogP contribution in [0.5, 0.6) is 0 Å². The Hall–Kier alpha value is -2.00. The van der Waals surface area contributed by atoms with E-state index >= 15 is 0 Å². The molecule has 3 heteroatoms. The average Bonchev–Trinajstić information content (AvgIpc) is 2.73. The quantitative estimate of drug-likeness (QED) is 0.312. The zero-order chi connectivity index (χ0) is 20.6. The lowest BCUT2D eigenvalue weighted by atomic mass is 9.82. The van der Waals surface area contributed by atoms with Crippen LogP contribution in [-0.2, 0) is 11.2 Å². The molecule has 0 heterocycles. The van der Waals surface area contributed by atoms with Crippen LogP contribution in [0.1, 0.15) is 68.9 Å². The van der Waals surface area contributed by atoms with Crippen molar-refractivity contribution in [2.45, 2.75) is 70.3 Å². The summed E-state index contributed by atoms with van der Waals surface area (Å²) in [4.78, 5) is 0. The number of aryl methyl sites for hydroxylation is 1. The molecule has 3 rings (SSSR count). The van der Waals surface area contributed by atoms with Gasteiger partial charge in [0.05, 0.1) is 6.10 Å². The molecule has 0 bridgehead atoms. The molecule has 1 saturated carbocycles. The van der Waals surface area contributed by atoms with Gasteiger partial charge in [0, 0.05) is 17.7 Å². The molecule has 29 heavy (non-hydrogen) atoms. The van der Waals surface area contributed by atoms with Crippen LogP contribution < -0.4 is 0 Å². The molecule has 2 aromatic carbocycles. The van der Waals surface area contributed by atoms with Crippen molar-refractivity contribution in [1.82, 2.24) is 0 Å². The molecule has 0 radical (unpaired) electrons. The van der Waals surface area contributed by atoms with Gasteiger partial charge < -0.3 is 4.74 Å². The molecule has 1 fully saturated rings. The summed E-state index contributed by atoms with van der Waals surface area (Å²) in [5.74, 6) is -0.361. The van der Waals surface area contributed by atoms with Gasteiger partial charge in [0.25, 0.3) is 0 Å². The van der Waals surface area contributed by atoms with E-state index in [9.17, 15) is 8.78 Å². The molecule has 0 spiro atoms. The lowest BCUT2D eigenvalue weighted by molar-refractivity contribution is 0.0232. The Kier molecular flexibility index (Phi) is 8.00. The summed E-state index contributed by atoms with van der Waals surface area (Å²) in [6.07, 6.45) is 10.0. The zero-order valence-corrected chi connectivity index (χ0v) is 17.4. The number of ether oxygens (including phenoxy) is 1. The van der Waals surface area contributed by atoms with Gasteiger partial charge in [-0.15, -0.1) is 6.58 Å². The van der Waals surface area contributed by atoms with E-state index in [1.165, 1.54) is 6.07 Å². The Balaban J connectivity index is 1.66. The van der Waals surface area contributed by atoms with Crippen LogP contribution in [0.25, 0.3) is 11.1 Å². The Bertz CT molecular complexity index is 806. The molecule has 0 saturated heterocycles. The van der Waals surface area contributed by atoms with Gasteiger partial charge in [-0.05, 0) is 74.1 Å². The van der Waals surface area contributed by atoms with E-state index in [1.54, 1.807) is 18.2 Å². The summed E-state index contributed by atoms with van der Waals surface area (Å²) in [7, 11) is 0. The number of rotatable bonds is 9. The van der Waals surface area contributed by atoms with Crippen molar-refractivity contribution in [2.75, 3.05) is 6.61 Å². The monoisotopic (exact) mass is 398 g/mol. The SMILES string of the molecule is C=CCCc1ccc(-c2ccc(C3CCC(OCCCC)CC3)cc2F)c(F)c1. The standard InChI is InChI=1S/C26H32F2O/c1-3-5-7-19-8-14-23(25(27)17-19)24-15-11-21(18-26(24)28)20-9-12-22(13-10-20)29-16-6-4-2/h3,8,11,14-15,17-18,20,22H,1,4-7,9-10,12-13,16H2,2H3. The van der Waals surface area contributed by atoms with E-state index in [-0.39, 0.29) is 11.6 Å². The maximum Gasteiger partial charge on any atom is 0.131 e. The fraction of sp³-hybridized carbons (Fsp3) is 0.462. The van der Waals surface area contributed by atoms with Gasteiger partial charge in [-0.2, -0.15) is 0 Å². The first kappa shape index (κ1) is 21.7. The number of halogens is 2. The van der Waals surface area contributed by atoms with Crippen molar-refractivity contribution >= 4 is 0 Å². The van der Waals surface area contributed by atoms with Gasteiger partial charge in [-0.3, -0.25) is 0 Å². The lowest BCUT2D eigenvalue weighted by Gasteiger charge is -2.29. The number of allylic oxidation sites excluding steroid dienone is 1. The first-order valence-corrected chi connectivity index (χ1v) is 10.9. The second-order valence-electron chi connectivity index (χ2n) is 8.08. The van der Waals surface area contributed by atoms with Crippen LogP contribution in [0.3, 0.4) is 0 Å². The van der Waals surface area contributed by atoms with Crippen molar-refractivity contribution < 1.29 is 13.5 Å². The molecule has 2 aromatic rings. The van der Waals surface area contributed by atoms with E-state index in [4.69, 9.17) is 4.74 Å². The van der Waals surface area contributed by atoms with Crippen LogP contribution in [-0.4, -0.2) is 12.7 Å². The summed E-state index contributed by atoms with van der Waals surface area (Å²) < 4.78 is 35.3. The van der Waals surface area contributed by atoms with Crippen LogP contribution >= 0.6 is 0 Å². The zero-order valence-electron chi connectivity index (χ0n) is 17.4. The van der Waals surface area contributed by atoms with Gasteiger partial charge in [0.15, 0.2) is 0 Å². The normalized spacial score (nSPS) is 19.3. The fourth-order valence-electron chi connectivity index (χ4n) is 4.16. The summed E-state index contributed by atoms with van der Waals surface area (Å²) in [6.45, 7) is 6.70. The van der Waals surface area contributed by atoms with Gasteiger partial charge in [-0.25, -0.2) is 8.78 Å². The van der Waals surface area contributed by atoms with Crippen LogP contribution in [0.2, 0.25) is 0 Å². The largest absolute Gasteiger partial charge is 0.378 e. The van der Waals surface area contributed by atoms with Crippen LogP contribution in [0.15, 0.2) is 49.1 Å². The molecule has 0 amide bonds. The highest BCUT2D eigenvalue weighted by atomic mass is 19.1. The Morgan fingerprint density at radius 1 is 1.00 bits per heavy atom. The molecule has 1 nitrogen and oxygen atoms in total. The van der Waals surface area contributed by atoms with E-state index in [0.717, 1.165) is 69.1 Å². The van der Waals surface area contributed by atoms with Crippen molar-refractivity contribution in [3.05, 3.63) is 71.8 Å². The third-order valence-electron chi connectivity index (χ3n) is 5.95. The molecule has 0 aromatic heterocycles. The number of unbranched alkanes of at least 4 members (excludes halogenated alkanes) is 1. The Morgan fingerprint density at radius 3 is 2.31 bits per heavy atom. The summed E-state index contributed by atoms with van der Waals surface area (Å²) in [5.41, 5.74) is 2.57. The molecular formula is C26H32F2O. The van der Waals surface area contributed by atoms with Crippen molar-refractivity contribution in [2.24, 2.45) is 0 Å². The molecule has 0 aliphatic heterocycles.